The van der Waals surface area contributed by atoms with E-state index in [9.17, 15) is 13.2 Å². The molecule has 0 saturated heterocycles. The minimum absolute atomic E-state index is 0.201. The summed E-state index contributed by atoms with van der Waals surface area (Å²) < 4.78 is 35.5. The Morgan fingerprint density at radius 1 is 1.33 bits per heavy atom. The molecule has 1 nitrogen and oxygen atoms in total. The highest BCUT2D eigenvalue weighted by Crippen LogP contribution is 2.23. The highest BCUT2D eigenvalue weighted by Gasteiger charge is 2.25. The second-order valence-electron chi connectivity index (χ2n) is 3.66. The monoisotopic (exact) mass is 223 g/mol. The Labute approximate surface area is 89.7 Å². The van der Waals surface area contributed by atoms with Crippen molar-refractivity contribution in [2.75, 3.05) is 13.1 Å². The zero-order chi connectivity index (χ0) is 11.7. The zero-order valence-electron chi connectivity index (χ0n) is 9.45. The maximum Gasteiger partial charge on any atom is 0.389 e. The third kappa shape index (κ3) is 11.4. The summed E-state index contributed by atoms with van der Waals surface area (Å²) in [5.41, 5.74) is 1.05. The van der Waals surface area contributed by atoms with E-state index in [2.05, 4.69) is 5.32 Å². The van der Waals surface area contributed by atoms with Gasteiger partial charge in [-0.25, -0.2) is 0 Å². The van der Waals surface area contributed by atoms with Crippen LogP contribution in [0.5, 0.6) is 0 Å². The van der Waals surface area contributed by atoms with Crippen LogP contribution in [0.2, 0.25) is 0 Å². The predicted molar refractivity (Wildman–Crippen MR) is 56.8 cm³/mol. The Balaban J connectivity index is 3.51. The number of rotatable bonds is 7. The molecule has 0 radical (unpaired) electrons. The van der Waals surface area contributed by atoms with Crippen molar-refractivity contribution >= 4 is 0 Å². The van der Waals surface area contributed by atoms with Crippen LogP contribution < -0.4 is 5.32 Å². The van der Waals surface area contributed by atoms with Gasteiger partial charge in [0.25, 0.3) is 0 Å². The molecule has 0 heterocycles. The zero-order valence-corrected chi connectivity index (χ0v) is 9.45. The number of nitrogens with one attached hydrogen (secondary N) is 1. The molecule has 0 unspecified atom stereocenters. The van der Waals surface area contributed by atoms with E-state index in [1.807, 2.05) is 19.9 Å². The second-order valence-corrected chi connectivity index (χ2v) is 3.66. The van der Waals surface area contributed by atoms with Crippen LogP contribution in [0.3, 0.4) is 0 Å². The Morgan fingerprint density at radius 2 is 2.00 bits per heavy atom. The molecular formula is C11H20F3N. The number of hydrogen-bond acceptors (Lipinski definition) is 1. The third-order valence-electron chi connectivity index (χ3n) is 2.10. The van der Waals surface area contributed by atoms with Gasteiger partial charge >= 0.3 is 6.18 Å². The van der Waals surface area contributed by atoms with Gasteiger partial charge in [-0.3, -0.25) is 0 Å². The Kier molecular flexibility index (Phi) is 7.48. The minimum Gasteiger partial charge on any atom is -0.317 e. The van der Waals surface area contributed by atoms with E-state index in [0.717, 1.165) is 25.1 Å². The molecule has 0 fully saturated rings. The van der Waals surface area contributed by atoms with Crippen molar-refractivity contribution in [1.29, 1.82) is 0 Å². The molecule has 0 aliphatic rings. The maximum absolute atomic E-state index is 11.8. The van der Waals surface area contributed by atoms with Crippen LogP contribution in [-0.4, -0.2) is 19.3 Å². The van der Waals surface area contributed by atoms with Crippen LogP contribution in [0.25, 0.3) is 0 Å². The molecule has 0 aliphatic carbocycles. The normalized spacial score (nSPS) is 13.3. The quantitative estimate of drug-likeness (QED) is 0.513. The molecule has 0 atom stereocenters. The largest absolute Gasteiger partial charge is 0.389 e. The summed E-state index contributed by atoms with van der Waals surface area (Å²) in [6.07, 6.45) is -1.03. The highest BCUT2D eigenvalue weighted by atomic mass is 19.4. The molecule has 90 valence electrons. The number of allylic oxidation sites excluding steroid dienone is 1. The van der Waals surface area contributed by atoms with Crippen molar-refractivity contribution in [3.05, 3.63) is 11.6 Å². The van der Waals surface area contributed by atoms with E-state index in [-0.39, 0.29) is 6.42 Å². The van der Waals surface area contributed by atoms with Gasteiger partial charge in [-0.15, -0.1) is 0 Å². The van der Waals surface area contributed by atoms with E-state index in [0.29, 0.717) is 6.42 Å². The van der Waals surface area contributed by atoms with Gasteiger partial charge in [-0.1, -0.05) is 18.6 Å². The highest BCUT2D eigenvalue weighted by molar-refractivity contribution is 4.97. The summed E-state index contributed by atoms with van der Waals surface area (Å²) in [6.45, 7) is 5.75. The fourth-order valence-corrected chi connectivity index (χ4v) is 1.27. The van der Waals surface area contributed by atoms with Gasteiger partial charge in [-0.05, 0) is 39.3 Å². The van der Waals surface area contributed by atoms with Crippen molar-refractivity contribution < 1.29 is 13.2 Å². The molecule has 0 aromatic heterocycles. The average molecular weight is 223 g/mol. The lowest BCUT2D eigenvalue weighted by Crippen LogP contribution is -2.13. The fraction of sp³-hybridized carbons (Fsp3) is 0.818. The SMILES string of the molecule is CCNCC/C=C(/C)CCCC(F)(F)F. The van der Waals surface area contributed by atoms with Gasteiger partial charge < -0.3 is 5.32 Å². The van der Waals surface area contributed by atoms with E-state index in [1.165, 1.54) is 0 Å². The van der Waals surface area contributed by atoms with E-state index >= 15 is 0 Å². The van der Waals surface area contributed by atoms with Crippen LogP contribution in [0, 0.1) is 0 Å². The summed E-state index contributed by atoms with van der Waals surface area (Å²) in [6, 6.07) is 0. The molecule has 0 aromatic carbocycles. The molecule has 0 rings (SSSR count). The lowest BCUT2D eigenvalue weighted by molar-refractivity contribution is -0.135. The van der Waals surface area contributed by atoms with Crippen LogP contribution in [0.4, 0.5) is 13.2 Å². The topological polar surface area (TPSA) is 12.0 Å². The molecule has 0 bridgehead atoms. The van der Waals surface area contributed by atoms with Crippen molar-refractivity contribution in [3.63, 3.8) is 0 Å². The summed E-state index contributed by atoms with van der Waals surface area (Å²) in [5.74, 6) is 0. The Morgan fingerprint density at radius 3 is 2.53 bits per heavy atom. The number of halogens is 3. The molecule has 4 heteroatoms. The molecular weight excluding hydrogens is 203 g/mol. The van der Waals surface area contributed by atoms with Gasteiger partial charge in [0, 0.05) is 6.42 Å². The van der Waals surface area contributed by atoms with E-state index < -0.39 is 12.6 Å². The lowest BCUT2D eigenvalue weighted by atomic mass is 10.1. The number of hydrogen-bond donors (Lipinski definition) is 1. The summed E-state index contributed by atoms with van der Waals surface area (Å²) >= 11 is 0. The summed E-state index contributed by atoms with van der Waals surface area (Å²) in [4.78, 5) is 0. The maximum atomic E-state index is 11.8. The van der Waals surface area contributed by atoms with Crippen LogP contribution >= 0.6 is 0 Å². The molecule has 15 heavy (non-hydrogen) atoms. The van der Waals surface area contributed by atoms with E-state index in [4.69, 9.17) is 0 Å². The van der Waals surface area contributed by atoms with Crippen molar-refractivity contribution in [2.45, 2.75) is 45.7 Å². The van der Waals surface area contributed by atoms with Crippen LogP contribution in [0.15, 0.2) is 11.6 Å². The molecule has 0 saturated carbocycles. The predicted octanol–water partition coefficient (Wildman–Crippen LogP) is 3.66. The molecule has 0 aromatic rings. The Hall–Kier alpha value is -0.510. The third-order valence-corrected chi connectivity index (χ3v) is 2.10. The van der Waals surface area contributed by atoms with Gasteiger partial charge in [0.05, 0.1) is 0 Å². The molecule has 1 N–H and O–H groups in total. The minimum atomic E-state index is -4.01. The first-order valence-corrected chi connectivity index (χ1v) is 5.39. The van der Waals surface area contributed by atoms with Crippen molar-refractivity contribution in [2.24, 2.45) is 0 Å². The van der Waals surface area contributed by atoms with Crippen molar-refractivity contribution in [1.82, 2.24) is 5.32 Å². The van der Waals surface area contributed by atoms with Gasteiger partial charge in [0.15, 0.2) is 0 Å². The average Bonchev–Trinajstić information content (AvgIpc) is 2.10. The first-order valence-electron chi connectivity index (χ1n) is 5.39. The smallest absolute Gasteiger partial charge is 0.317 e. The van der Waals surface area contributed by atoms with Gasteiger partial charge in [0.1, 0.15) is 0 Å². The summed E-state index contributed by atoms with van der Waals surface area (Å²) in [7, 11) is 0. The van der Waals surface area contributed by atoms with Crippen molar-refractivity contribution in [3.8, 4) is 0 Å². The fourth-order valence-electron chi connectivity index (χ4n) is 1.27. The molecule has 0 amide bonds. The number of alkyl halides is 3. The summed E-state index contributed by atoms with van der Waals surface area (Å²) in [5, 5.41) is 3.16. The van der Waals surface area contributed by atoms with E-state index in [1.54, 1.807) is 0 Å². The molecule has 0 spiro atoms. The Bertz CT molecular complexity index is 185. The first kappa shape index (κ1) is 14.5. The lowest BCUT2D eigenvalue weighted by Gasteiger charge is -2.06. The second kappa shape index (κ2) is 7.74. The van der Waals surface area contributed by atoms with Gasteiger partial charge in [0.2, 0.25) is 0 Å². The standard InChI is InChI=1S/C11H20F3N/c1-3-15-9-5-7-10(2)6-4-8-11(12,13)14/h7,15H,3-6,8-9H2,1-2H3/b10-7-. The van der Waals surface area contributed by atoms with Gasteiger partial charge in [-0.2, -0.15) is 13.2 Å². The van der Waals surface area contributed by atoms with Crippen LogP contribution in [0.1, 0.15) is 39.5 Å². The molecule has 0 aliphatic heterocycles. The van der Waals surface area contributed by atoms with Crippen LogP contribution in [-0.2, 0) is 0 Å². The first-order chi connectivity index (χ1) is 6.95.